The number of nitrogens with two attached hydrogens (primary N) is 1. The molecule has 1 rings (SSSR count). The molecular formula is C13H19FN2O2. The van der Waals surface area contributed by atoms with E-state index in [1.807, 2.05) is 11.9 Å². The Kier molecular flexibility index (Phi) is 5.74. The Bertz CT molecular complexity index is 398. The summed E-state index contributed by atoms with van der Waals surface area (Å²) >= 11 is 0. The number of likely N-dealkylation sites (N-methyl/N-ethyl adjacent to an activating group) is 1. The fraction of sp³-hybridized carbons (Fsp3) is 0.462. The Morgan fingerprint density at radius 3 is 2.78 bits per heavy atom. The highest BCUT2D eigenvalue weighted by Crippen LogP contribution is 2.07. The number of halogens is 1. The Morgan fingerprint density at radius 2 is 2.17 bits per heavy atom. The molecule has 0 heterocycles. The number of rotatable bonds is 7. The number of nitrogens with zero attached hydrogens (tertiary/aromatic N) is 1. The van der Waals surface area contributed by atoms with Crippen LogP contribution >= 0.6 is 0 Å². The van der Waals surface area contributed by atoms with Crippen LogP contribution in [0.3, 0.4) is 0 Å². The topological polar surface area (TPSA) is 66.6 Å². The van der Waals surface area contributed by atoms with Crippen molar-refractivity contribution in [3.8, 4) is 0 Å². The molecule has 0 fully saturated rings. The summed E-state index contributed by atoms with van der Waals surface area (Å²) in [7, 11) is 1.85. The second kappa shape index (κ2) is 7.08. The molecule has 1 atom stereocenters. The van der Waals surface area contributed by atoms with Crippen molar-refractivity contribution in [1.82, 2.24) is 4.90 Å². The molecule has 0 aromatic heterocycles. The van der Waals surface area contributed by atoms with Crippen molar-refractivity contribution in [2.75, 3.05) is 20.1 Å². The lowest BCUT2D eigenvalue weighted by molar-refractivity contribution is -0.137. The van der Waals surface area contributed by atoms with E-state index in [1.54, 1.807) is 18.2 Å². The largest absolute Gasteiger partial charge is 0.481 e. The number of carboxylic acids is 1. The maximum absolute atomic E-state index is 13.4. The molecule has 0 radical (unpaired) electrons. The molecule has 4 nitrogen and oxygen atoms in total. The van der Waals surface area contributed by atoms with Crippen LogP contribution in [0, 0.1) is 5.82 Å². The predicted octanol–water partition coefficient (Wildman–Crippen LogP) is 1.10. The van der Waals surface area contributed by atoms with Gasteiger partial charge in [0.2, 0.25) is 0 Å². The minimum atomic E-state index is -0.898. The molecule has 100 valence electrons. The first-order valence-electron chi connectivity index (χ1n) is 5.88. The molecule has 0 saturated carbocycles. The van der Waals surface area contributed by atoms with E-state index in [1.165, 1.54) is 6.07 Å². The smallest absolute Gasteiger partial charge is 0.304 e. The minimum Gasteiger partial charge on any atom is -0.481 e. The summed E-state index contributed by atoms with van der Waals surface area (Å²) in [6.45, 7) is 1.13. The second-order valence-corrected chi connectivity index (χ2v) is 4.46. The van der Waals surface area contributed by atoms with Gasteiger partial charge in [-0.05, 0) is 25.1 Å². The van der Waals surface area contributed by atoms with Crippen molar-refractivity contribution in [1.29, 1.82) is 0 Å². The van der Waals surface area contributed by atoms with Crippen LogP contribution < -0.4 is 5.73 Å². The first kappa shape index (κ1) is 14.6. The second-order valence-electron chi connectivity index (χ2n) is 4.46. The summed E-state index contributed by atoms with van der Waals surface area (Å²) in [5.41, 5.74) is 6.34. The van der Waals surface area contributed by atoms with Gasteiger partial charge in [-0.15, -0.1) is 0 Å². The number of carbonyl (C=O) groups is 1. The van der Waals surface area contributed by atoms with E-state index in [0.717, 1.165) is 0 Å². The Labute approximate surface area is 106 Å². The number of carboxylic acid groups (broad SMARTS) is 1. The first-order chi connectivity index (χ1) is 8.49. The van der Waals surface area contributed by atoms with E-state index in [4.69, 9.17) is 10.8 Å². The van der Waals surface area contributed by atoms with Crippen LogP contribution in [0.4, 0.5) is 4.39 Å². The summed E-state index contributed by atoms with van der Waals surface area (Å²) in [6, 6.07) is 6.25. The van der Waals surface area contributed by atoms with E-state index in [0.29, 0.717) is 25.1 Å². The molecule has 0 amide bonds. The molecule has 3 N–H and O–H groups in total. The highest BCUT2D eigenvalue weighted by molar-refractivity contribution is 5.67. The van der Waals surface area contributed by atoms with E-state index in [9.17, 15) is 9.18 Å². The predicted molar refractivity (Wildman–Crippen MR) is 67.8 cm³/mol. The van der Waals surface area contributed by atoms with Gasteiger partial charge in [0.25, 0.3) is 0 Å². The summed E-state index contributed by atoms with van der Waals surface area (Å²) in [5, 5.41) is 8.59. The molecule has 5 heteroatoms. The molecule has 1 unspecified atom stereocenters. The summed E-state index contributed by atoms with van der Waals surface area (Å²) in [6.07, 6.45) is 0.535. The van der Waals surface area contributed by atoms with Crippen molar-refractivity contribution < 1.29 is 14.3 Å². The summed E-state index contributed by atoms with van der Waals surface area (Å²) in [5.74, 6) is -1.11. The molecule has 0 aliphatic carbocycles. The highest BCUT2D eigenvalue weighted by Gasteiger charge is 2.11. The zero-order chi connectivity index (χ0) is 13.5. The van der Waals surface area contributed by atoms with Gasteiger partial charge in [0.1, 0.15) is 5.82 Å². The SMILES string of the molecule is CN(CCc1ccccc1F)CC(N)CC(=O)O. The number of hydrogen-bond donors (Lipinski definition) is 2. The van der Waals surface area contributed by atoms with Crippen LogP contribution in [0.2, 0.25) is 0 Å². The van der Waals surface area contributed by atoms with E-state index < -0.39 is 12.0 Å². The molecule has 0 spiro atoms. The quantitative estimate of drug-likeness (QED) is 0.764. The summed E-state index contributed by atoms with van der Waals surface area (Å²) in [4.78, 5) is 12.4. The molecule has 0 saturated heterocycles. The van der Waals surface area contributed by atoms with Crippen LogP contribution in [-0.2, 0) is 11.2 Å². The molecule has 0 aliphatic heterocycles. The third-order valence-corrected chi connectivity index (χ3v) is 2.70. The lowest BCUT2D eigenvalue weighted by atomic mass is 10.1. The minimum absolute atomic E-state index is 0.0515. The number of hydrogen-bond acceptors (Lipinski definition) is 3. The highest BCUT2D eigenvalue weighted by atomic mass is 19.1. The standard InChI is InChI=1S/C13H19FN2O2/c1-16(9-11(15)8-13(17)18)7-6-10-4-2-3-5-12(10)14/h2-5,11H,6-9,15H2,1H3,(H,17,18). The Morgan fingerprint density at radius 1 is 1.50 bits per heavy atom. The molecule has 18 heavy (non-hydrogen) atoms. The Hall–Kier alpha value is -1.46. The van der Waals surface area contributed by atoms with Gasteiger partial charge in [-0.3, -0.25) is 4.79 Å². The van der Waals surface area contributed by atoms with Crippen molar-refractivity contribution in [3.63, 3.8) is 0 Å². The van der Waals surface area contributed by atoms with Gasteiger partial charge >= 0.3 is 5.97 Å². The first-order valence-corrected chi connectivity index (χ1v) is 5.88. The normalized spacial score (nSPS) is 12.7. The lowest BCUT2D eigenvalue weighted by Crippen LogP contribution is -2.37. The fourth-order valence-electron chi connectivity index (χ4n) is 1.79. The van der Waals surface area contributed by atoms with Crippen LogP contribution in [-0.4, -0.2) is 42.2 Å². The maximum Gasteiger partial charge on any atom is 0.304 e. The Balaban J connectivity index is 2.35. The van der Waals surface area contributed by atoms with Crippen LogP contribution in [0.25, 0.3) is 0 Å². The van der Waals surface area contributed by atoms with E-state index in [2.05, 4.69) is 0 Å². The van der Waals surface area contributed by atoms with Gasteiger partial charge < -0.3 is 15.7 Å². The van der Waals surface area contributed by atoms with Crippen molar-refractivity contribution in [3.05, 3.63) is 35.6 Å². The van der Waals surface area contributed by atoms with Gasteiger partial charge in [0.15, 0.2) is 0 Å². The van der Waals surface area contributed by atoms with Gasteiger partial charge in [0, 0.05) is 19.1 Å². The monoisotopic (exact) mass is 254 g/mol. The summed E-state index contributed by atoms with van der Waals surface area (Å²) < 4.78 is 13.4. The third-order valence-electron chi connectivity index (χ3n) is 2.70. The molecule has 1 aromatic carbocycles. The van der Waals surface area contributed by atoms with Gasteiger partial charge in [-0.1, -0.05) is 18.2 Å². The van der Waals surface area contributed by atoms with E-state index in [-0.39, 0.29) is 12.2 Å². The molecule has 0 aliphatic rings. The fourth-order valence-corrected chi connectivity index (χ4v) is 1.79. The van der Waals surface area contributed by atoms with Gasteiger partial charge in [0.05, 0.1) is 6.42 Å². The zero-order valence-corrected chi connectivity index (χ0v) is 10.5. The third kappa shape index (κ3) is 5.25. The van der Waals surface area contributed by atoms with Crippen molar-refractivity contribution in [2.24, 2.45) is 5.73 Å². The average Bonchev–Trinajstić information content (AvgIpc) is 2.26. The van der Waals surface area contributed by atoms with Gasteiger partial charge in [-0.25, -0.2) is 4.39 Å². The molecule has 1 aromatic rings. The van der Waals surface area contributed by atoms with Gasteiger partial charge in [-0.2, -0.15) is 0 Å². The molecule has 0 bridgehead atoms. The van der Waals surface area contributed by atoms with Crippen LogP contribution in [0.5, 0.6) is 0 Å². The number of benzene rings is 1. The average molecular weight is 254 g/mol. The van der Waals surface area contributed by atoms with Crippen molar-refractivity contribution in [2.45, 2.75) is 18.9 Å². The maximum atomic E-state index is 13.4. The zero-order valence-electron chi connectivity index (χ0n) is 10.5. The van der Waals surface area contributed by atoms with Crippen LogP contribution in [0.1, 0.15) is 12.0 Å². The van der Waals surface area contributed by atoms with E-state index >= 15 is 0 Å². The van der Waals surface area contributed by atoms with Crippen molar-refractivity contribution >= 4 is 5.97 Å². The molecular weight excluding hydrogens is 235 g/mol. The lowest BCUT2D eigenvalue weighted by Gasteiger charge is -2.20. The number of aliphatic carboxylic acids is 1. The van der Waals surface area contributed by atoms with Crippen LogP contribution in [0.15, 0.2) is 24.3 Å².